The van der Waals surface area contributed by atoms with Gasteiger partial charge in [0.2, 0.25) is 0 Å². The zero-order chi connectivity index (χ0) is 13.5. The van der Waals surface area contributed by atoms with Gasteiger partial charge in [-0.15, -0.1) is 0 Å². The monoisotopic (exact) mass is 253 g/mol. The molecule has 0 atom stereocenters. The van der Waals surface area contributed by atoms with Crippen molar-refractivity contribution in [3.8, 4) is 11.5 Å². The minimum Gasteiger partial charge on any atom is -0.496 e. The van der Waals surface area contributed by atoms with E-state index in [2.05, 4.69) is 4.90 Å². The van der Waals surface area contributed by atoms with E-state index in [1.54, 1.807) is 12.1 Å². The fourth-order valence-corrected chi connectivity index (χ4v) is 1.51. The summed E-state index contributed by atoms with van der Waals surface area (Å²) in [6.07, 6.45) is 0.913. The summed E-state index contributed by atoms with van der Waals surface area (Å²) in [5, 5.41) is 8.94. The number of hydrogen-bond donors (Lipinski definition) is 1. The van der Waals surface area contributed by atoms with Gasteiger partial charge in [0.15, 0.2) is 0 Å². The number of aromatic carboxylic acids is 1. The van der Waals surface area contributed by atoms with Crippen LogP contribution in [0.4, 0.5) is 0 Å². The van der Waals surface area contributed by atoms with Gasteiger partial charge in [0.05, 0.1) is 13.7 Å². The van der Waals surface area contributed by atoms with Gasteiger partial charge in [-0.3, -0.25) is 0 Å². The van der Waals surface area contributed by atoms with E-state index in [0.717, 1.165) is 13.0 Å². The highest BCUT2D eigenvalue weighted by molar-refractivity contribution is 5.91. The van der Waals surface area contributed by atoms with Gasteiger partial charge in [0, 0.05) is 12.6 Å². The van der Waals surface area contributed by atoms with E-state index in [-0.39, 0.29) is 5.56 Å². The zero-order valence-electron chi connectivity index (χ0n) is 11.0. The average Bonchev–Trinajstić information content (AvgIpc) is 2.33. The summed E-state index contributed by atoms with van der Waals surface area (Å²) in [6, 6.07) is 4.73. The lowest BCUT2D eigenvalue weighted by Crippen LogP contribution is -2.15. The van der Waals surface area contributed by atoms with Gasteiger partial charge in [-0.2, -0.15) is 0 Å². The highest BCUT2D eigenvalue weighted by atomic mass is 16.5. The lowest BCUT2D eigenvalue weighted by Gasteiger charge is -2.11. The Balaban J connectivity index is 2.60. The third-order valence-electron chi connectivity index (χ3n) is 2.42. The Labute approximate surface area is 107 Å². The molecule has 0 bridgehead atoms. The summed E-state index contributed by atoms with van der Waals surface area (Å²) in [6.45, 7) is 1.54. The van der Waals surface area contributed by atoms with Crippen LogP contribution >= 0.6 is 0 Å². The van der Waals surface area contributed by atoms with Crippen LogP contribution in [0.5, 0.6) is 11.5 Å². The van der Waals surface area contributed by atoms with Crippen molar-refractivity contribution in [2.24, 2.45) is 0 Å². The second-order valence-corrected chi connectivity index (χ2v) is 4.17. The number of benzene rings is 1. The maximum atomic E-state index is 10.9. The van der Waals surface area contributed by atoms with Gasteiger partial charge in [-0.25, -0.2) is 4.79 Å². The molecule has 0 aromatic heterocycles. The molecule has 1 aromatic rings. The number of carboxylic acid groups (broad SMARTS) is 1. The van der Waals surface area contributed by atoms with Crippen molar-refractivity contribution in [1.29, 1.82) is 0 Å². The molecule has 0 amide bonds. The molecule has 0 fully saturated rings. The van der Waals surface area contributed by atoms with E-state index in [1.165, 1.54) is 13.2 Å². The molecule has 0 aliphatic carbocycles. The van der Waals surface area contributed by atoms with Crippen molar-refractivity contribution in [2.45, 2.75) is 6.42 Å². The Morgan fingerprint density at radius 3 is 2.67 bits per heavy atom. The summed E-state index contributed by atoms with van der Waals surface area (Å²) >= 11 is 0. The summed E-state index contributed by atoms with van der Waals surface area (Å²) in [4.78, 5) is 13.0. The third-order valence-corrected chi connectivity index (χ3v) is 2.42. The fourth-order valence-electron chi connectivity index (χ4n) is 1.51. The first-order valence-corrected chi connectivity index (χ1v) is 5.73. The molecule has 5 nitrogen and oxygen atoms in total. The quantitative estimate of drug-likeness (QED) is 0.750. The van der Waals surface area contributed by atoms with E-state index in [4.69, 9.17) is 14.6 Å². The second kappa shape index (κ2) is 6.86. The molecule has 1 aromatic carbocycles. The van der Waals surface area contributed by atoms with E-state index < -0.39 is 5.97 Å². The first kappa shape index (κ1) is 14.3. The van der Waals surface area contributed by atoms with Crippen molar-refractivity contribution >= 4 is 5.97 Å². The normalized spacial score (nSPS) is 10.4. The van der Waals surface area contributed by atoms with Crippen LogP contribution in [0.2, 0.25) is 0 Å². The average molecular weight is 253 g/mol. The van der Waals surface area contributed by atoms with Crippen molar-refractivity contribution < 1.29 is 19.4 Å². The molecule has 0 heterocycles. The standard InChI is InChI=1S/C13H19NO4/c1-14(2)7-4-8-18-10-5-6-11(13(15)16)12(9-10)17-3/h5-6,9H,4,7-8H2,1-3H3,(H,15,16). The molecule has 0 saturated heterocycles. The smallest absolute Gasteiger partial charge is 0.339 e. The molecule has 0 spiro atoms. The zero-order valence-corrected chi connectivity index (χ0v) is 11.0. The van der Waals surface area contributed by atoms with Crippen molar-refractivity contribution in [2.75, 3.05) is 34.4 Å². The third kappa shape index (κ3) is 4.25. The summed E-state index contributed by atoms with van der Waals surface area (Å²) < 4.78 is 10.6. The van der Waals surface area contributed by atoms with Crippen LogP contribution in [-0.4, -0.2) is 50.3 Å². The molecule has 0 aliphatic rings. The largest absolute Gasteiger partial charge is 0.496 e. The molecule has 1 rings (SSSR count). The predicted octanol–water partition coefficient (Wildman–Crippen LogP) is 1.72. The number of rotatable bonds is 7. The van der Waals surface area contributed by atoms with E-state index >= 15 is 0 Å². The second-order valence-electron chi connectivity index (χ2n) is 4.17. The van der Waals surface area contributed by atoms with Gasteiger partial charge >= 0.3 is 5.97 Å². The first-order valence-electron chi connectivity index (χ1n) is 5.73. The fraction of sp³-hybridized carbons (Fsp3) is 0.462. The van der Waals surface area contributed by atoms with Crippen molar-refractivity contribution in [3.05, 3.63) is 23.8 Å². The van der Waals surface area contributed by atoms with Gasteiger partial charge < -0.3 is 19.5 Å². The summed E-state index contributed by atoms with van der Waals surface area (Å²) in [5.41, 5.74) is 0.137. The van der Waals surface area contributed by atoms with Gasteiger partial charge in [-0.1, -0.05) is 0 Å². The van der Waals surface area contributed by atoms with Crippen LogP contribution in [0.3, 0.4) is 0 Å². The number of hydrogen-bond acceptors (Lipinski definition) is 4. The van der Waals surface area contributed by atoms with Crippen LogP contribution in [0, 0.1) is 0 Å². The van der Waals surface area contributed by atoms with Crippen LogP contribution in [0.1, 0.15) is 16.8 Å². The Morgan fingerprint density at radius 2 is 2.11 bits per heavy atom. The van der Waals surface area contributed by atoms with E-state index in [1.807, 2.05) is 14.1 Å². The molecule has 0 unspecified atom stereocenters. The highest BCUT2D eigenvalue weighted by Gasteiger charge is 2.11. The van der Waals surface area contributed by atoms with Crippen LogP contribution in [-0.2, 0) is 0 Å². The predicted molar refractivity (Wildman–Crippen MR) is 68.6 cm³/mol. The van der Waals surface area contributed by atoms with Crippen LogP contribution in [0.25, 0.3) is 0 Å². The van der Waals surface area contributed by atoms with Crippen LogP contribution in [0.15, 0.2) is 18.2 Å². The summed E-state index contributed by atoms with van der Waals surface area (Å²) in [5.74, 6) is -0.0748. The lowest BCUT2D eigenvalue weighted by atomic mass is 10.2. The van der Waals surface area contributed by atoms with Crippen LogP contribution < -0.4 is 9.47 Å². The van der Waals surface area contributed by atoms with E-state index in [0.29, 0.717) is 18.1 Å². The van der Waals surface area contributed by atoms with Gasteiger partial charge in [0.25, 0.3) is 0 Å². The molecule has 1 N–H and O–H groups in total. The molecular weight excluding hydrogens is 234 g/mol. The SMILES string of the molecule is COc1cc(OCCCN(C)C)ccc1C(=O)O. The molecule has 18 heavy (non-hydrogen) atoms. The number of nitrogens with zero attached hydrogens (tertiary/aromatic N) is 1. The highest BCUT2D eigenvalue weighted by Crippen LogP contribution is 2.24. The first-order chi connectivity index (χ1) is 8.54. The Hall–Kier alpha value is -1.75. The number of carbonyl (C=O) groups is 1. The molecular formula is C13H19NO4. The number of carboxylic acids is 1. The van der Waals surface area contributed by atoms with Gasteiger partial charge in [0.1, 0.15) is 17.1 Å². The van der Waals surface area contributed by atoms with Crippen molar-refractivity contribution in [1.82, 2.24) is 4.90 Å². The molecule has 0 radical (unpaired) electrons. The van der Waals surface area contributed by atoms with E-state index in [9.17, 15) is 4.79 Å². The Bertz CT molecular complexity index is 404. The maximum Gasteiger partial charge on any atom is 0.339 e. The molecule has 100 valence electrons. The Kier molecular flexibility index (Phi) is 5.45. The molecule has 0 saturated carbocycles. The van der Waals surface area contributed by atoms with Crippen molar-refractivity contribution in [3.63, 3.8) is 0 Å². The number of methoxy groups -OCH3 is 1. The minimum absolute atomic E-state index is 0.137. The minimum atomic E-state index is -1.01. The summed E-state index contributed by atoms with van der Waals surface area (Å²) in [7, 11) is 5.45. The lowest BCUT2D eigenvalue weighted by molar-refractivity contribution is 0.0693. The topological polar surface area (TPSA) is 59.0 Å². The van der Waals surface area contributed by atoms with Gasteiger partial charge in [-0.05, 0) is 32.6 Å². The Morgan fingerprint density at radius 1 is 1.39 bits per heavy atom. The number of ether oxygens (including phenoxy) is 2. The molecule has 0 aliphatic heterocycles. The maximum absolute atomic E-state index is 10.9. The molecule has 5 heteroatoms.